The SMILES string of the molecule is CCOc1ccc(NC(=O)C(=O)Nc2ccc(N(CC)CC)cc2)cc1OCC. The Balaban J connectivity index is 2.01. The molecule has 0 bridgehead atoms. The molecule has 29 heavy (non-hydrogen) atoms. The van der Waals surface area contributed by atoms with Crippen LogP contribution in [-0.4, -0.2) is 38.1 Å². The summed E-state index contributed by atoms with van der Waals surface area (Å²) in [5.41, 5.74) is 2.08. The second-order valence-electron chi connectivity index (χ2n) is 6.15. The van der Waals surface area contributed by atoms with Gasteiger partial charge in [-0.25, -0.2) is 0 Å². The molecule has 0 heterocycles. The minimum Gasteiger partial charge on any atom is -0.490 e. The number of nitrogens with zero attached hydrogens (tertiary/aromatic N) is 1. The summed E-state index contributed by atoms with van der Waals surface area (Å²) in [5, 5.41) is 5.19. The molecule has 0 aliphatic heterocycles. The van der Waals surface area contributed by atoms with E-state index < -0.39 is 11.8 Å². The predicted octanol–water partition coefficient (Wildman–Crippen LogP) is 3.91. The maximum Gasteiger partial charge on any atom is 0.314 e. The molecule has 0 atom stereocenters. The molecule has 0 unspecified atom stereocenters. The number of carbonyl (C=O) groups is 2. The Bertz CT molecular complexity index is 817. The maximum absolute atomic E-state index is 12.3. The van der Waals surface area contributed by atoms with Crippen molar-refractivity contribution in [1.29, 1.82) is 0 Å². The van der Waals surface area contributed by atoms with Crippen LogP contribution < -0.4 is 25.0 Å². The van der Waals surface area contributed by atoms with E-state index in [0.717, 1.165) is 18.8 Å². The van der Waals surface area contributed by atoms with Crippen LogP contribution in [0.15, 0.2) is 42.5 Å². The Kier molecular flexibility index (Phi) is 8.33. The Morgan fingerprint density at radius 3 is 1.83 bits per heavy atom. The number of carbonyl (C=O) groups excluding carboxylic acids is 2. The van der Waals surface area contributed by atoms with Gasteiger partial charge in [-0.3, -0.25) is 9.59 Å². The lowest BCUT2D eigenvalue weighted by molar-refractivity contribution is -0.132. The molecule has 0 saturated carbocycles. The van der Waals surface area contributed by atoms with Crippen LogP contribution in [0.2, 0.25) is 0 Å². The van der Waals surface area contributed by atoms with E-state index in [1.807, 2.05) is 26.0 Å². The van der Waals surface area contributed by atoms with E-state index in [-0.39, 0.29) is 0 Å². The van der Waals surface area contributed by atoms with Crippen molar-refractivity contribution in [2.24, 2.45) is 0 Å². The number of benzene rings is 2. The zero-order valence-corrected chi connectivity index (χ0v) is 17.5. The Hall–Kier alpha value is -3.22. The summed E-state index contributed by atoms with van der Waals surface area (Å²) in [6.07, 6.45) is 0. The van der Waals surface area contributed by atoms with Crippen molar-refractivity contribution in [2.45, 2.75) is 27.7 Å². The summed E-state index contributed by atoms with van der Waals surface area (Å²) in [4.78, 5) is 26.7. The summed E-state index contributed by atoms with van der Waals surface area (Å²) in [7, 11) is 0. The molecule has 2 amide bonds. The molecule has 0 aromatic heterocycles. The maximum atomic E-state index is 12.3. The third-order valence-electron chi connectivity index (χ3n) is 4.26. The number of ether oxygens (including phenoxy) is 2. The van der Waals surface area contributed by atoms with Crippen molar-refractivity contribution in [2.75, 3.05) is 41.8 Å². The standard InChI is InChI=1S/C22H29N3O4/c1-5-25(6-2)18-12-9-16(10-13-18)23-21(26)22(27)24-17-11-14-19(28-7-3)20(15-17)29-8-4/h9-15H,5-8H2,1-4H3,(H,23,26)(H,24,27). The molecule has 0 spiro atoms. The van der Waals surface area contributed by atoms with Crippen molar-refractivity contribution < 1.29 is 19.1 Å². The first-order valence-corrected chi connectivity index (χ1v) is 9.89. The first-order chi connectivity index (χ1) is 14.0. The van der Waals surface area contributed by atoms with E-state index >= 15 is 0 Å². The minimum absolute atomic E-state index is 0.453. The van der Waals surface area contributed by atoms with Gasteiger partial charge in [0.15, 0.2) is 11.5 Å². The number of anilines is 3. The van der Waals surface area contributed by atoms with Gasteiger partial charge in [0.1, 0.15) is 0 Å². The average Bonchev–Trinajstić information content (AvgIpc) is 2.72. The molecule has 0 saturated heterocycles. The highest BCUT2D eigenvalue weighted by molar-refractivity contribution is 6.43. The normalized spacial score (nSPS) is 10.2. The van der Waals surface area contributed by atoms with E-state index in [9.17, 15) is 9.59 Å². The summed E-state index contributed by atoms with van der Waals surface area (Å²) in [6.45, 7) is 10.7. The predicted molar refractivity (Wildman–Crippen MR) is 116 cm³/mol. The van der Waals surface area contributed by atoms with Crippen molar-refractivity contribution >= 4 is 28.9 Å². The number of hydrogen-bond donors (Lipinski definition) is 2. The fourth-order valence-corrected chi connectivity index (χ4v) is 2.85. The number of nitrogens with one attached hydrogen (secondary N) is 2. The molecule has 2 rings (SSSR count). The highest BCUT2D eigenvalue weighted by atomic mass is 16.5. The first-order valence-electron chi connectivity index (χ1n) is 9.89. The summed E-state index contributed by atoms with van der Waals surface area (Å²) in [6, 6.07) is 12.4. The molecule has 0 fully saturated rings. The van der Waals surface area contributed by atoms with Gasteiger partial charge in [-0.05, 0) is 64.1 Å². The van der Waals surface area contributed by atoms with E-state index in [1.54, 1.807) is 30.3 Å². The molecular weight excluding hydrogens is 370 g/mol. The fraction of sp³-hybridized carbons (Fsp3) is 0.364. The number of hydrogen-bond acceptors (Lipinski definition) is 5. The van der Waals surface area contributed by atoms with Gasteiger partial charge in [-0.15, -0.1) is 0 Å². The van der Waals surface area contributed by atoms with Crippen LogP contribution in [0, 0.1) is 0 Å². The van der Waals surface area contributed by atoms with Gasteiger partial charge < -0.3 is 25.0 Å². The summed E-state index contributed by atoms with van der Waals surface area (Å²) < 4.78 is 11.0. The third kappa shape index (κ3) is 6.14. The van der Waals surface area contributed by atoms with Crippen LogP contribution in [0.4, 0.5) is 17.1 Å². The van der Waals surface area contributed by atoms with Crippen LogP contribution in [0.5, 0.6) is 11.5 Å². The largest absolute Gasteiger partial charge is 0.490 e. The third-order valence-corrected chi connectivity index (χ3v) is 4.26. The average molecular weight is 399 g/mol. The van der Waals surface area contributed by atoms with Crippen LogP contribution in [0.3, 0.4) is 0 Å². The highest BCUT2D eigenvalue weighted by Gasteiger charge is 2.16. The minimum atomic E-state index is -0.760. The monoisotopic (exact) mass is 399 g/mol. The van der Waals surface area contributed by atoms with Crippen LogP contribution in [0.1, 0.15) is 27.7 Å². The van der Waals surface area contributed by atoms with E-state index in [0.29, 0.717) is 36.1 Å². The quantitative estimate of drug-likeness (QED) is 0.625. The van der Waals surface area contributed by atoms with Gasteiger partial charge in [-0.1, -0.05) is 0 Å². The molecular formula is C22H29N3O4. The number of amides is 2. The van der Waals surface area contributed by atoms with E-state index in [4.69, 9.17) is 9.47 Å². The van der Waals surface area contributed by atoms with Gasteiger partial charge in [0.05, 0.1) is 13.2 Å². The number of rotatable bonds is 9. The van der Waals surface area contributed by atoms with Gasteiger partial charge in [0.25, 0.3) is 0 Å². The lowest BCUT2D eigenvalue weighted by Gasteiger charge is -2.21. The molecule has 2 aromatic rings. The first kappa shape index (κ1) is 22.1. The lowest BCUT2D eigenvalue weighted by atomic mass is 10.2. The Morgan fingerprint density at radius 1 is 0.759 bits per heavy atom. The highest BCUT2D eigenvalue weighted by Crippen LogP contribution is 2.30. The molecule has 7 nitrogen and oxygen atoms in total. The van der Waals surface area contributed by atoms with Gasteiger partial charge in [-0.2, -0.15) is 0 Å². The van der Waals surface area contributed by atoms with Crippen LogP contribution >= 0.6 is 0 Å². The molecule has 0 aliphatic rings. The Morgan fingerprint density at radius 2 is 1.28 bits per heavy atom. The smallest absolute Gasteiger partial charge is 0.314 e. The molecule has 2 N–H and O–H groups in total. The van der Waals surface area contributed by atoms with Crippen molar-refractivity contribution in [3.8, 4) is 11.5 Å². The molecule has 0 radical (unpaired) electrons. The topological polar surface area (TPSA) is 79.9 Å². The Labute approximate surface area is 172 Å². The second kappa shape index (κ2) is 10.9. The zero-order chi connectivity index (χ0) is 21.2. The zero-order valence-electron chi connectivity index (χ0n) is 17.5. The van der Waals surface area contributed by atoms with Crippen molar-refractivity contribution in [3.05, 3.63) is 42.5 Å². The van der Waals surface area contributed by atoms with Crippen LogP contribution in [0.25, 0.3) is 0 Å². The molecule has 0 aliphatic carbocycles. The van der Waals surface area contributed by atoms with Gasteiger partial charge >= 0.3 is 11.8 Å². The fourth-order valence-electron chi connectivity index (χ4n) is 2.85. The summed E-state index contributed by atoms with van der Waals surface area (Å²) >= 11 is 0. The van der Waals surface area contributed by atoms with E-state index in [2.05, 4.69) is 29.4 Å². The lowest BCUT2D eigenvalue weighted by Crippen LogP contribution is -2.29. The van der Waals surface area contributed by atoms with Crippen LogP contribution in [-0.2, 0) is 9.59 Å². The van der Waals surface area contributed by atoms with Crippen molar-refractivity contribution in [3.63, 3.8) is 0 Å². The molecule has 156 valence electrons. The second-order valence-corrected chi connectivity index (χ2v) is 6.15. The van der Waals surface area contributed by atoms with Crippen molar-refractivity contribution in [1.82, 2.24) is 0 Å². The summed E-state index contributed by atoms with van der Waals surface area (Å²) in [5.74, 6) is -0.401. The molecule has 7 heteroatoms. The molecule has 2 aromatic carbocycles. The van der Waals surface area contributed by atoms with Gasteiger partial charge in [0.2, 0.25) is 0 Å². The van der Waals surface area contributed by atoms with Gasteiger partial charge in [0, 0.05) is 36.2 Å². The van der Waals surface area contributed by atoms with E-state index in [1.165, 1.54) is 0 Å².